The molecule has 2 rings (SSSR count). The Morgan fingerprint density at radius 1 is 1.69 bits per heavy atom. The Morgan fingerprint density at radius 3 is 3.19 bits per heavy atom. The second-order valence-corrected chi connectivity index (χ2v) is 5.86. The van der Waals surface area contributed by atoms with Gasteiger partial charge < -0.3 is 10.4 Å². The Labute approximate surface area is 103 Å². The van der Waals surface area contributed by atoms with Crippen molar-refractivity contribution >= 4 is 28.1 Å². The molecule has 1 unspecified atom stereocenters. The number of aromatic nitrogens is 2. The van der Waals surface area contributed by atoms with Crippen LogP contribution >= 0.6 is 23.1 Å². The largest absolute Gasteiger partial charge is 0.395 e. The zero-order valence-corrected chi connectivity index (χ0v) is 10.9. The van der Waals surface area contributed by atoms with Gasteiger partial charge in [-0.15, -0.1) is 11.3 Å². The summed E-state index contributed by atoms with van der Waals surface area (Å²) in [5.41, 5.74) is 1.17. The molecule has 0 amide bonds. The fourth-order valence-corrected chi connectivity index (χ4v) is 3.16. The van der Waals surface area contributed by atoms with Crippen LogP contribution < -0.4 is 5.32 Å². The normalized spacial score (nSPS) is 13.4. The minimum atomic E-state index is 0.175. The standard InChI is InChI=1S/C10H15N3OS2/c1-7(6-14)16-9-8(5-11-2)13-3-4-15-10(13)12-9/h3-4,7,11,14H,5-6H2,1-2H3. The predicted molar refractivity (Wildman–Crippen MR) is 68.2 cm³/mol. The molecule has 2 aromatic heterocycles. The van der Waals surface area contributed by atoms with Crippen LogP contribution in [-0.4, -0.2) is 33.4 Å². The molecule has 2 N–H and O–H groups in total. The highest BCUT2D eigenvalue weighted by Gasteiger charge is 2.15. The van der Waals surface area contributed by atoms with E-state index in [1.54, 1.807) is 23.1 Å². The van der Waals surface area contributed by atoms with E-state index in [1.807, 2.05) is 25.5 Å². The average Bonchev–Trinajstić information content (AvgIpc) is 2.82. The van der Waals surface area contributed by atoms with E-state index >= 15 is 0 Å². The van der Waals surface area contributed by atoms with E-state index in [2.05, 4.69) is 14.7 Å². The van der Waals surface area contributed by atoms with Crippen molar-refractivity contribution in [3.8, 4) is 0 Å². The van der Waals surface area contributed by atoms with Crippen molar-refractivity contribution in [2.24, 2.45) is 0 Å². The van der Waals surface area contributed by atoms with Crippen LogP contribution in [0.25, 0.3) is 4.96 Å². The quantitative estimate of drug-likeness (QED) is 0.799. The Balaban J connectivity index is 2.34. The minimum Gasteiger partial charge on any atom is -0.395 e. The molecule has 0 saturated heterocycles. The Hall–Kier alpha value is -0.560. The van der Waals surface area contributed by atoms with Gasteiger partial charge in [-0.1, -0.05) is 18.7 Å². The summed E-state index contributed by atoms with van der Waals surface area (Å²) in [5, 5.41) is 15.5. The molecule has 0 radical (unpaired) electrons. The molecule has 0 spiro atoms. The van der Waals surface area contributed by atoms with Gasteiger partial charge in [0.15, 0.2) is 4.96 Å². The van der Waals surface area contributed by atoms with E-state index in [0.29, 0.717) is 0 Å². The van der Waals surface area contributed by atoms with Gasteiger partial charge in [0, 0.05) is 23.4 Å². The summed E-state index contributed by atoms with van der Waals surface area (Å²) in [6, 6.07) is 0. The maximum atomic E-state index is 9.07. The highest BCUT2D eigenvalue weighted by Crippen LogP contribution is 2.28. The van der Waals surface area contributed by atoms with E-state index in [0.717, 1.165) is 16.5 Å². The molecule has 88 valence electrons. The lowest BCUT2D eigenvalue weighted by molar-refractivity contribution is 0.300. The van der Waals surface area contributed by atoms with Crippen molar-refractivity contribution < 1.29 is 5.11 Å². The van der Waals surface area contributed by atoms with Gasteiger partial charge in [0.25, 0.3) is 0 Å². The molecule has 0 aromatic carbocycles. The first kappa shape index (κ1) is 11.9. The number of fused-ring (bicyclic) bond motifs is 1. The summed E-state index contributed by atoms with van der Waals surface area (Å²) >= 11 is 3.26. The third-order valence-electron chi connectivity index (χ3n) is 2.24. The highest BCUT2D eigenvalue weighted by molar-refractivity contribution is 7.99. The maximum absolute atomic E-state index is 9.07. The first-order chi connectivity index (χ1) is 7.76. The van der Waals surface area contributed by atoms with Crippen molar-refractivity contribution in [2.75, 3.05) is 13.7 Å². The van der Waals surface area contributed by atoms with Crippen LogP contribution in [0.2, 0.25) is 0 Å². The molecule has 0 aliphatic heterocycles. The highest BCUT2D eigenvalue weighted by atomic mass is 32.2. The second kappa shape index (κ2) is 5.18. The zero-order valence-electron chi connectivity index (χ0n) is 9.30. The second-order valence-electron chi connectivity index (χ2n) is 3.56. The van der Waals surface area contributed by atoms with Gasteiger partial charge in [0.05, 0.1) is 12.3 Å². The summed E-state index contributed by atoms with van der Waals surface area (Å²) in [6.07, 6.45) is 2.04. The molecule has 4 nitrogen and oxygen atoms in total. The number of imidazole rings is 1. The summed E-state index contributed by atoms with van der Waals surface area (Å²) in [5.74, 6) is 0. The summed E-state index contributed by atoms with van der Waals surface area (Å²) < 4.78 is 2.10. The lowest BCUT2D eigenvalue weighted by atomic mass is 10.4. The molecule has 0 fully saturated rings. The zero-order chi connectivity index (χ0) is 11.5. The lowest BCUT2D eigenvalue weighted by Crippen LogP contribution is -2.09. The van der Waals surface area contributed by atoms with Gasteiger partial charge in [0.1, 0.15) is 5.03 Å². The van der Waals surface area contributed by atoms with E-state index < -0.39 is 0 Å². The number of aliphatic hydroxyl groups excluding tert-OH is 1. The number of thiazole rings is 1. The number of rotatable bonds is 5. The Bertz CT molecular complexity index is 466. The van der Waals surface area contributed by atoms with Crippen LogP contribution in [0.1, 0.15) is 12.6 Å². The van der Waals surface area contributed by atoms with E-state index in [4.69, 9.17) is 5.11 Å². The van der Waals surface area contributed by atoms with Crippen LogP contribution in [0, 0.1) is 0 Å². The Kier molecular flexibility index (Phi) is 3.86. The number of nitrogens with zero attached hydrogens (tertiary/aromatic N) is 2. The van der Waals surface area contributed by atoms with Gasteiger partial charge >= 0.3 is 0 Å². The number of hydrogen-bond donors (Lipinski definition) is 2. The monoisotopic (exact) mass is 257 g/mol. The molecular formula is C10H15N3OS2. The number of aliphatic hydroxyl groups is 1. The summed E-state index contributed by atoms with van der Waals surface area (Å²) in [4.78, 5) is 5.58. The maximum Gasteiger partial charge on any atom is 0.194 e. The number of hydrogen-bond acceptors (Lipinski definition) is 5. The number of thioether (sulfide) groups is 1. The SMILES string of the molecule is CNCc1c(SC(C)CO)nc2sccn12. The lowest BCUT2D eigenvalue weighted by Gasteiger charge is -2.07. The van der Waals surface area contributed by atoms with Crippen molar-refractivity contribution in [2.45, 2.75) is 23.7 Å². The van der Waals surface area contributed by atoms with Crippen LogP contribution in [0.3, 0.4) is 0 Å². The van der Waals surface area contributed by atoms with Crippen molar-refractivity contribution in [1.29, 1.82) is 0 Å². The minimum absolute atomic E-state index is 0.175. The van der Waals surface area contributed by atoms with Gasteiger partial charge in [-0.05, 0) is 7.05 Å². The molecule has 0 aliphatic carbocycles. The van der Waals surface area contributed by atoms with Gasteiger partial charge in [0.2, 0.25) is 0 Å². The summed E-state index contributed by atoms with van der Waals surface area (Å²) in [7, 11) is 1.93. The van der Waals surface area contributed by atoms with Crippen molar-refractivity contribution in [1.82, 2.24) is 14.7 Å². The molecule has 6 heteroatoms. The van der Waals surface area contributed by atoms with Crippen LogP contribution in [0.5, 0.6) is 0 Å². The fraction of sp³-hybridized carbons (Fsp3) is 0.500. The molecule has 0 aliphatic rings. The third-order valence-corrected chi connectivity index (χ3v) is 4.10. The topological polar surface area (TPSA) is 49.6 Å². The Morgan fingerprint density at radius 2 is 2.50 bits per heavy atom. The fourth-order valence-electron chi connectivity index (χ4n) is 1.46. The molecule has 2 aromatic rings. The van der Waals surface area contributed by atoms with Crippen molar-refractivity contribution in [3.63, 3.8) is 0 Å². The van der Waals surface area contributed by atoms with Gasteiger partial charge in [-0.2, -0.15) is 0 Å². The molecule has 0 bridgehead atoms. The first-order valence-corrected chi connectivity index (χ1v) is 6.88. The average molecular weight is 257 g/mol. The molecule has 16 heavy (non-hydrogen) atoms. The predicted octanol–water partition coefficient (Wildman–Crippen LogP) is 1.59. The van der Waals surface area contributed by atoms with E-state index in [-0.39, 0.29) is 11.9 Å². The van der Waals surface area contributed by atoms with E-state index in [9.17, 15) is 0 Å². The smallest absolute Gasteiger partial charge is 0.194 e. The van der Waals surface area contributed by atoms with Crippen LogP contribution in [-0.2, 0) is 6.54 Å². The van der Waals surface area contributed by atoms with Crippen molar-refractivity contribution in [3.05, 3.63) is 17.3 Å². The van der Waals surface area contributed by atoms with Crippen LogP contribution in [0.4, 0.5) is 0 Å². The molecule has 2 heterocycles. The van der Waals surface area contributed by atoms with E-state index in [1.165, 1.54) is 5.69 Å². The van der Waals surface area contributed by atoms with Gasteiger partial charge in [-0.25, -0.2) is 4.98 Å². The van der Waals surface area contributed by atoms with Crippen LogP contribution in [0.15, 0.2) is 16.6 Å². The molecular weight excluding hydrogens is 242 g/mol. The van der Waals surface area contributed by atoms with Gasteiger partial charge in [-0.3, -0.25) is 4.40 Å². The molecule has 0 saturated carbocycles. The first-order valence-electron chi connectivity index (χ1n) is 5.12. The third kappa shape index (κ3) is 2.24. The molecule has 1 atom stereocenters. The summed E-state index contributed by atoms with van der Waals surface area (Å²) in [6.45, 7) is 2.97. The number of nitrogens with one attached hydrogen (secondary N) is 1.